The summed E-state index contributed by atoms with van der Waals surface area (Å²) in [4.78, 5) is 36.7. The van der Waals surface area contributed by atoms with Gasteiger partial charge < -0.3 is 19.6 Å². The van der Waals surface area contributed by atoms with Gasteiger partial charge in [0.15, 0.2) is 13.6 Å². The molecule has 1 aromatic heterocycles. The minimum absolute atomic E-state index is 0.277. The van der Waals surface area contributed by atoms with E-state index in [4.69, 9.17) is 13.8 Å². The summed E-state index contributed by atoms with van der Waals surface area (Å²) in [7, 11) is -8.86. The van der Waals surface area contributed by atoms with Gasteiger partial charge in [0.05, 0.1) is 0 Å². The zero-order chi connectivity index (χ0) is 22.0. The van der Waals surface area contributed by atoms with Crippen molar-refractivity contribution in [2.45, 2.75) is 37.6 Å². The van der Waals surface area contributed by atoms with Gasteiger partial charge in [-0.2, -0.15) is 0 Å². The molecule has 0 saturated carbocycles. The predicted octanol–water partition coefficient (Wildman–Crippen LogP) is 3.18. The van der Waals surface area contributed by atoms with Crippen molar-refractivity contribution in [2.24, 2.45) is 0 Å². The van der Waals surface area contributed by atoms with Crippen LogP contribution in [0.4, 0.5) is 0 Å². The standard InChI is InChI=1S/C19H23NO8P2/c1-3-5-17(21)26-16-9-7-15(8-10-16)18-27-29(2,23)19(22,30(24,25)28-18)12-14-6-4-11-20-13-14/h4,6-11,13,18,22-23H,2-3,5,12H2,1H3,(H,24,25). The molecule has 4 unspecified atom stereocenters. The highest BCUT2D eigenvalue weighted by Crippen LogP contribution is 2.78. The van der Waals surface area contributed by atoms with Gasteiger partial charge in [-0.1, -0.05) is 25.1 Å². The van der Waals surface area contributed by atoms with Gasteiger partial charge >= 0.3 is 13.6 Å². The quantitative estimate of drug-likeness (QED) is 0.341. The van der Waals surface area contributed by atoms with Crippen molar-refractivity contribution in [3.63, 3.8) is 0 Å². The zero-order valence-electron chi connectivity index (χ0n) is 16.2. The van der Waals surface area contributed by atoms with Crippen LogP contribution in [-0.4, -0.2) is 37.2 Å². The number of ether oxygens (including phenoxy) is 1. The molecule has 0 spiro atoms. The first-order valence-electron chi connectivity index (χ1n) is 9.16. The highest BCUT2D eigenvalue weighted by molar-refractivity contribution is 7.78. The van der Waals surface area contributed by atoms with E-state index in [1.807, 2.05) is 6.92 Å². The van der Waals surface area contributed by atoms with E-state index < -0.39 is 32.7 Å². The molecular formula is C19H23NO8P2. The molecule has 2 aromatic rings. The minimum atomic E-state index is -4.81. The Morgan fingerprint density at radius 3 is 2.53 bits per heavy atom. The molecule has 0 aliphatic carbocycles. The third-order valence-corrected chi connectivity index (χ3v) is 9.58. The Morgan fingerprint density at radius 1 is 1.27 bits per heavy atom. The molecular weight excluding hydrogens is 432 g/mol. The van der Waals surface area contributed by atoms with E-state index in [0.717, 1.165) is 0 Å². The zero-order valence-corrected chi connectivity index (χ0v) is 18.0. The molecule has 3 N–H and O–H groups in total. The van der Waals surface area contributed by atoms with Gasteiger partial charge in [0.2, 0.25) is 5.08 Å². The first-order chi connectivity index (χ1) is 14.1. The van der Waals surface area contributed by atoms with Crippen LogP contribution >= 0.6 is 14.9 Å². The monoisotopic (exact) mass is 455 g/mol. The van der Waals surface area contributed by atoms with Gasteiger partial charge in [0.25, 0.3) is 0 Å². The number of benzene rings is 1. The van der Waals surface area contributed by atoms with Crippen molar-refractivity contribution in [1.29, 1.82) is 0 Å². The Balaban J connectivity index is 1.82. The number of nitrogens with zero attached hydrogens (tertiary/aromatic N) is 1. The molecule has 0 radical (unpaired) electrons. The van der Waals surface area contributed by atoms with Gasteiger partial charge in [-0.25, -0.2) is 0 Å². The minimum Gasteiger partial charge on any atom is -0.427 e. The van der Waals surface area contributed by atoms with Crippen molar-refractivity contribution in [2.75, 3.05) is 0 Å². The van der Waals surface area contributed by atoms with E-state index in [9.17, 15) is 24.3 Å². The molecule has 2 heterocycles. The second kappa shape index (κ2) is 8.73. The number of hydrogen-bond donors (Lipinski definition) is 3. The molecule has 1 fully saturated rings. The van der Waals surface area contributed by atoms with Crippen LogP contribution in [0.1, 0.15) is 37.2 Å². The summed E-state index contributed by atoms with van der Waals surface area (Å²) in [5.74, 6) is -0.0956. The van der Waals surface area contributed by atoms with Gasteiger partial charge in [0, 0.05) is 30.8 Å². The number of pyridine rings is 1. The fraction of sp³-hybridized carbons (Fsp3) is 0.316. The summed E-state index contributed by atoms with van der Waals surface area (Å²) in [5, 5.41) is 8.31. The second-order valence-corrected chi connectivity index (χ2v) is 11.6. The molecule has 11 heteroatoms. The smallest absolute Gasteiger partial charge is 0.371 e. The first-order valence-corrected chi connectivity index (χ1v) is 12.6. The summed E-state index contributed by atoms with van der Waals surface area (Å²) < 4.78 is 28.7. The third kappa shape index (κ3) is 4.58. The molecule has 162 valence electrons. The van der Waals surface area contributed by atoms with Crippen LogP contribution in [-0.2, 0) is 24.8 Å². The maximum absolute atomic E-state index is 12.9. The Labute approximate surface area is 173 Å². The van der Waals surface area contributed by atoms with Crippen molar-refractivity contribution >= 4 is 27.2 Å². The van der Waals surface area contributed by atoms with Crippen LogP contribution in [0.5, 0.6) is 5.75 Å². The lowest BCUT2D eigenvalue weighted by atomic mass is 10.2. The Morgan fingerprint density at radius 2 is 1.97 bits per heavy atom. The first kappa shape index (κ1) is 22.8. The summed E-state index contributed by atoms with van der Waals surface area (Å²) in [5.41, 5.74) is 0.685. The molecule has 3 rings (SSSR count). The summed E-state index contributed by atoms with van der Waals surface area (Å²) in [6.07, 6.45) is 5.48. The van der Waals surface area contributed by atoms with Crippen LogP contribution in [0.15, 0.2) is 48.8 Å². The van der Waals surface area contributed by atoms with Crippen LogP contribution < -0.4 is 4.74 Å². The molecule has 1 aliphatic heterocycles. The van der Waals surface area contributed by atoms with E-state index in [-0.39, 0.29) is 23.7 Å². The lowest BCUT2D eigenvalue weighted by Crippen LogP contribution is -2.38. The maximum atomic E-state index is 12.9. The van der Waals surface area contributed by atoms with Crippen molar-refractivity contribution in [3.05, 3.63) is 59.9 Å². The van der Waals surface area contributed by atoms with E-state index in [0.29, 0.717) is 12.0 Å². The highest BCUT2D eigenvalue weighted by Gasteiger charge is 2.62. The maximum Gasteiger partial charge on any atom is 0.371 e. The van der Waals surface area contributed by atoms with Gasteiger partial charge in [-0.3, -0.25) is 23.4 Å². The fourth-order valence-electron chi connectivity index (χ4n) is 2.87. The van der Waals surface area contributed by atoms with Crippen LogP contribution in [0.3, 0.4) is 0 Å². The average Bonchev–Trinajstić information content (AvgIpc) is 2.67. The number of esters is 1. The molecule has 0 bridgehead atoms. The van der Waals surface area contributed by atoms with E-state index in [2.05, 4.69) is 11.3 Å². The third-order valence-electron chi connectivity index (χ3n) is 4.52. The molecule has 4 atom stereocenters. The van der Waals surface area contributed by atoms with Crippen LogP contribution in [0, 0.1) is 0 Å². The topological polar surface area (TPSA) is 135 Å². The summed E-state index contributed by atoms with van der Waals surface area (Å²) in [6.45, 7) is 1.85. The van der Waals surface area contributed by atoms with Gasteiger partial charge in [0.1, 0.15) is 5.75 Å². The van der Waals surface area contributed by atoms with Crippen LogP contribution in [0.25, 0.3) is 0 Å². The Hall–Kier alpha value is -1.83. The Bertz CT molecular complexity index is 969. The number of carbonyl (C=O) groups is 1. The number of carbonyl (C=O) groups excluding carboxylic acids is 1. The number of aliphatic hydroxyl groups is 1. The lowest BCUT2D eigenvalue weighted by Gasteiger charge is -2.45. The average molecular weight is 455 g/mol. The molecule has 30 heavy (non-hydrogen) atoms. The van der Waals surface area contributed by atoms with E-state index in [1.54, 1.807) is 12.1 Å². The molecule has 1 aromatic carbocycles. The molecule has 9 nitrogen and oxygen atoms in total. The lowest BCUT2D eigenvalue weighted by molar-refractivity contribution is -0.134. The number of rotatable bonds is 6. The fourth-order valence-corrected chi connectivity index (χ4v) is 6.86. The SMILES string of the molecule is C=P1(O)OC(c2ccc(OC(=O)CCC)cc2)OP(=O)(O)C1(O)Cc1cccnc1. The van der Waals surface area contributed by atoms with E-state index in [1.165, 1.54) is 36.7 Å². The highest BCUT2D eigenvalue weighted by atomic mass is 31.2. The Kier molecular flexibility index (Phi) is 6.65. The van der Waals surface area contributed by atoms with Gasteiger partial charge in [-0.15, -0.1) is 0 Å². The number of hydrogen-bond acceptors (Lipinski definition) is 8. The van der Waals surface area contributed by atoms with Crippen LogP contribution in [0.2, 0.25) is 0 Å². The van der Waals surface area contributed by atoms with Crippen molar-refractivity contribution < 1.29 is 38.0 Å². The number of aromatic nitrogens is 1. The predicted molar refractivity (Wildman–Crippen MR) is 111 cm³/mol. The molecule has 1 saturated heterocycles. The second-order valence-electron chi connectivity index (χ2n) is 6.87. The largest absolute Gasteiger partial charge is 0.427 e. The summed E-state index contributed by atoms with van der Waals surface area (Å²) >= 11 is 0. The molecule has 1 aliphatic rings. The van der Waals surface area contributed by atoms with Crippen molar-refractivity contribution in [3.8, 4) is 5.75 Å². The molecule has 0 amide bonds. The normalized spacial score (nSPS) is 31.3. The summed E-state index contributed by atoms with van der Waals surface area (Å²) in [6, 6.07) is 9.03. The van der Waals surface area contributed by atoms with E-state index >= 15 is 0 Å². The van der Waals surface area contributed by atoms with Gasteiger partial charge in [-0.05, 0) is 36.5 Å². The van der Waals surface area contributed by atoms with Crippen molar-refractivity contribution in [1.82, 2.24) is 4.98 Å².